The highest BCUT2D eigenvalue weighted by Gasteiger charge is 2.39. The van der Waals surface area contributed by atoms with E-state index in [1.54, 1.807) is 14.0 Å². The monoisotopic (exact) mass is 388 g/mol. The van der Waals surface area contributed by atoms with Crippen molar-refractivity contribution in [1.82, 2.24) is 0 Å². The molecular formula is C21H40O6. The second kappa shape index (κ2) is 11.1. The van der Waals surface area contributed by atoms with Crippen molar-refractivity contribution in [3.63, 3.8) is 0 Å². The topological polar surface area (TPSA) is 99.4 Å². The Morgan fingerprint density at radius 2 is 1.56 bits per heavy atom. The predicted molar refractivity (Wildman–Crippen MR) is 103 cm³/mol. The highest BCUT2D eigenvalue weighted by atomic mass is 16.6. The number of aliphatic hydroxyl groups excluding tert-OH is 4. The van der Waals surface area contributed by atoms with E-state index in [2.05, 4.69) is 0 Å². The Hall–Kier alpha value is -0.240. The molecular weight excluding hydrogens is 348 g/mol. The van der Waals surface area contributed by atoms with Crippen LogP contribution in [-0.2, 0) is 9.47 Å². The Morgan fingerprint density at radius 1 is 0.852 bits per heavy atom. The zero-order valence-electron chi connectivity index (χ0n) is 17.2. The van der Waals surface area contributed by atoms with Crippen molar-refractivity contribution in [3.8, 4) is 0 Å². The molecule has 0 aromatic carbocycles. The minimum atomic E-state index is -0.884. The Labute approximate surface area is 163 Å². The van der Waals surface area contributed by atoms with Gasteiger partial charge in [-0.2, -0.15) is 0 Å². The van der Waals surface area contributed by atoms with E-state index in [4.69, 9.17) is 9.47 Å². The van der Waals surface area contributed by atoms with Gasteiger partial charge in [-0.15, -0.1) is 0 Å². The van der Waals surface area contributed by atoms with Crippen LogP contribution in [0.15, 0.2) is 0 Å². The second-order valence-corrected chi connectivity index (χ2v) is 8.78. The molecule has 160 valence electrons. The van der Waals surface area contributed by atoms with E-state index in [0.29, 0.717) is 25.7 Å². The Morgan fingerprint density at radius 3 is 2.22 bits per heavy atom. The molecule has 2 fully saturated rings. The normalized spacial score (nSPS) is 39.7. The third-order valence-electron chi connectivity index (χ3n) is 6.68. The van der Waals surface area contributed by atoms with E-state index in [0.717, 1.165) is 32.1 Å². The van der Waals surface area contributed by atoms with E-state index in [-0.39, 0.29) is 30.0 Å². The molecule has 0 bridgehead atoms. The van der Waals surface area contributed by atoms with Crippen molar-refractivity contribution in [3.05, 3.63) is 0 Å². The van der Waals surface area contributed by atoms with Gasteiger partial charge in [-0.05, 0) is 69.6 Å². The summed E-state index contributed by atoms with van der Waals surface area (Å²) in [5, 5.41) is 41.3. The standard InChI is InChI=1S/C21H40O6/c1-13(19-9-8-16(23)12-20(19)27-14(2)22)21(25)15-6-4-5-7-18(26-3)11-17(24)10-15/h13-25H,4-12H2,1-3H3/t13?,14-,15?,16+,17+,18?,19?,20?,21+/m1/s1. The van der Waals surface area contributed by atoms with E-state index in [9.17, 15) is 20.4 Å². The maximum absolute atomic E-state index is 11.1. The van der Waals surface area contributed by atoms with Crippen LogP contribution in [0, 0.1) is 17.8 Å². The van der Waals surface area contributed by atoms with E-state index in [1.807, 2.05) is 6.92 Å². The molecule has 0 saturated heterocycles. The zero-order valence-corrected chi connectivity index (χ0v) is 17.2. The van der Waals surface area contributed by atoms with Gasteiger partial charge in [0, 0.05) is 7.11 Å². The quantitative estimate of drug-likeness (QED) is 0.521. The molecule has 5 unspecified atom stereocenters. The first kappa shape index (κ1) is 23.0. The van der Waals surface area contributed by atoms with Gasteiger partial charge >= 0.3 is 0 Å². The van der Waals surface area contributed by atoms with Crippen LogP contribution in [0.2, 0.25) is 0 Å². The summed E-state index contributed by atoms with van der Waals surface area (Å²) >= 11 is 0. The van der Waals surface area contributed by atoms with Crippen LogP contribution in [0.5, 0.6) is 0 Å². The highest BCUT2D eigenvalue weighted by Crippen LogP contribution is 2.38. The Kier molecular flexibility index (Phi) is 9.45. The third kappa shape index (κ3) is 6.94. The summed E-state index contributed by atoms with van der Waals surface area (Å²) in [5.74, 6) is 0.122. The summed E-state index contributed by atoms with van der Waals surface area (Å²) in [6, 6.07) is 0. The smallest absolute Gasteiger partial charge is 0.152 e. The van der Waals surface area contributed by atoms with Crippen LogP contribution in [-0.4, -0.2) is 64.3 Å². The van der Waals surface area contributed by atoms with Crippen molar-refractivity contribution < 1.29 is 29.9 Å². The molecule has 6 nitrogen and oxygen atoms in total. The molecule has 0 heterocycles. The zero-order chi connectivity index (χ0) is 20.0. The highest BCUT2D eigenvalue weighted by molar-refractivity contribution is 4.89. The van der Waals surface area contributed by atoms with E-state index < -0.39 is 24.6 Å². The predicted octanol–water partition coefficient (Wildman–Crippen LogP) is 2.21. The number of hydrogen-bond acceptors (Lipinski definition) is 6. The number of rotatable bonds is 6. The van der Waals surface area contributed by atoms with E-state index in [1.165, 1.54) is 0 Å². The Balaban J connectivity index is 2.03. The first-order valence-corrected chi connectivity index (χ1v) is 10.7. The lowest BCUT2D eigenvalue weighted by Gasteiger charge is -2.41. The molecule has 0 spiro atoms. The molecule has 0 aliphatic heterocycles. The molecule has 0 amide bonds. The molecule has 2 aliphatic rings. The number of aliphatic hydroxyl groups is 4. The molecule has 2 rings (SSSR count). The van der Waals surface area contributed by atoms with Crippen LogP contribution < -0.4 is 0 Å². The molecule has 2 aliphatic carbocycles. The average molecular weight is 389 g/mol. The molecule has 27 heavy (non-hydrogen) atoms. The van der Waals surface area contributed by atoms with Crippen LogP contribution in [0.25, 0.3) is 0 Å². The SMILES string of the molecule is COC1CCCCC([C@@H](O)C(C)C2CC[C@H](O)CC2O[C@H](C)O)C[C@H](O)C1. The minimum absolute atomic E-state index is 0.0163. The lowest BCUT2D eigenvalue weighted by molar-refractivity contribution is -0.174. The summed E-state index contributed by atoms with van der Waals surface area (Å²) in [7, 11) is 1.70. The van der Waals surface area contributed by atoms with Crippen LogP contribution in [0.3, 0.4) is 0 Å². The molecule has 0 aromatic heterocycles. The molecule has 6 heteroatoms. The molecule has 0 aromatic rings. The van der Waals surface area contributed by atoms with Gasteiger partial charge in [-0.1, -0.05) is 19.8 Å². The summed E-state index contributed by atoms with van der Waals surface area (Å²) < 4.78 is 11.1. The van der Waals surface area contributed by atoms with Gasteiger partial charge in [-0.25, -0.2) is 0 Å². The summed E-state index contributed by atoms with van der Waals surface area (Å²) in [5.41, 5.74) is 0. The fourth-order valence-electron chi connectivity index (χ4n) is 5.11. The van der Waals surface area contributed by atoms with E-state index >= 15 is 0 Å². The maximum Gasteiger partial charge on any atom is 0.152 e. The number of ether oxygens (including phenoxy) is 2. The van der Waals surface area contributed by atoms with Gasteiger partial charge in [0.2, 0.25) is 0 Å². The van der Waals surface area contributed by atoms with Gasteiger partial charge in [0.15, 0.2) is 6.29 Å². The lowest BCUT2D eigenvalue weighted by Crippen LogP contribution is -2.44. The average Bonchev–Trinajstić information content (AvgIpc) is 2.70. The van der Waals surface area contributed by atoms with Crippen molar-refractivity contribution in [1.29, 1.82) is 0 Å². The molecule has 4 N–H and O–H groups in total. The minimum Gasteiger partial charge on any atom is -0.393 e. The summed E-state index contributed by atoms with van der Waals surface area (Å²) in [4.78, 5) is 0. The largest absolute Gasteiger partial charge is 0.393 e. The Bertz CT molecular complexity index is 415. The second-order valence-electron chi connectivity index (χ2n) is 8.78. The van der Waals surface area contributed by atoms with Gasteiger partial charge in [-0.3, -0.25) is 0 Å². The van der Waals surface area contributed by atoms with Crippen LogP contribution >= 0.6 is 0 Å². The number of hydrogen-bond donors (Lipinski definition) is 4. The van der Waals surface area contributed by atoms with Crippen LogP contribution in [0.4, 0.5) is 0 Å². The van der Waals surface area contributed by atoms with Gasteiger partial charge in [0.1, 0.15) is 0 Å². The van der Waals surface area contributed by atoms with Crippen molar-refractivity contribution in [2.24, 2.45) is 17.8 Å². The molecule has 9 atom stereocenters. The van der Waals surface area contributed by atoms with Gasteiger partial charge in [0.05, 0.1) is 30.5 Å². The van der Waals surface area contributed by atoms with Crippen molar-refractivity contribution in [2.75, 3.05) is 7.11 Å². The summed E-state index contributed by atoms with van der Waals surface area (Å²) in [6.07, 6.45) is 4.66. The maximum atomic E-state index is 11.1. The fraction of sp³-hybridized carbons (Fsp3) is 1.00. The molecule has 2 saturated carbocycles. The van der Waals surface area contributed by atoms with Gasteiger partial charge in [0.25, 0.3) is 0 Å². The summed E-state index contributed by atoms with van der Waals surface area (Å²) in [6.45, 7) is 3.63. The first-order valence-electron chi connectivity index (χ1n) is 10.7. The first-order chi connectivity index (χ1) is 12.8. The third-order valence-corrected chi connectivity index (χ3v) is 6.68. The molecule has 0 radical (unpaired) electrons. The number of methoxy groups -OCH3 is 1. The van der Waals surface area contributed by atoms with Gasteiger partial charge < -0.3 is 29.9 Å². The van der Waals surface area contributed by atoms with Crippen LogP contribution in [0.1, 0.15) is 71.6 Å². The van der Waals surface area contributed by atoms with Crippen molar-refractivity contribution >= 4 is 0 Å². The van der Waals surface area contributed by atoms with Crippen molar-refractivity contribution in [2.45, 2.75) is 108 Å². The fourth-order valence-corrected chi connectivity index (χ4v) is 5.11. The lowest BCUT2D eigenvalue weighted by atomic mass is 9.71.